The van der Waals surface area contributed by atoms with E-state index in [1.807, 2.05) is 4.90 Å². The highest BCUT2D eigenvalue weighted by atomic mass is 16.4. The van der Waals surface area contributed by atoms with E-state index in [0.717, 1.165) is 0 Å². The van der Waals surface area contributed by atoms with Crippen LogP contribution >= 0.6 is 0 Å². The van der Waals surface area contributed by atoms with Crippen LogP contribution in [0.4, 0.5) is 5.82 Å². The van der Waals surface area contributed by atoms with Crippen LogP contribution < -0.4 is 4.90 Å². The Kier molecular flexibility index (Phi) is 3.18. The number of hydrogen-bond acceptors (Lipinski definition) is 4. The minimum atomic E-state index is -0.773. The normalized spacial score (nSPS) is 15.1. The molecule has 0 aliphatic carbocycles. The van der Waals surface area contributed by atoms with Crippen LogP contribution in [0.25, 0.3) is 0 Å². The highest BCUT2D eigenvalue weighted by Gasteiger charge is 2.33. The Bertz CT molecular complexity index is 464. The lowest BCUT2D eigenvalue weighted by Gasteiger charge is -2.37. The van der Waals surface area contributed by atoms with Gasteiger partial charge in [-0.1, -0.05) is 0 Å². The fourth-order valence-corrected chi connectivity index (χ4v) is 1.78. The first kappa shape index (κ1) is 12.3. The van der Waals surface area contributed by atoms with E-state index in [1.54, 1.807) is 26.2 Å². The molecule has 6 nitrogen and oxygen atoms in total. The molecule has 1 amide bonds. The number of carboxylic acid groups (broad SMARTS) is 1. The Hall–Kier alpha value is -2.11. The molecule has 0 spiro atoms. The maximum atomic E-state index is 11.6. The molecule has 0 radical (unpaired) electrons. The number of amides is 1. The lowest BCUT2D eigenvalue weighted by atomic mass is 10.0. The van der Waals surface area contributed by atoms with Crippen LogP contribution in [0, 0.1) is 5.92 Å². The van der Waals surface area contributed by atoms with Crippen molar-refractivity contribution in [1.29, 1.82) is 0 Å². The average Bonchev–Trinajstić information content (AvgIpc) is 2.26. The summed E-state index contributed by atoms with van der Waals surface area (Å²) >= 11 is 0. The van der Waals surface area contributed by atoms with Gasteiger partial charge in [-0.15, -0.1) is 0 Å². The molecule has 2 rings (SSSR count). The van der Waals surface area contributed by atoms with E-state index in [2.05, 4.69) is 4.98 Å². The zero-order valence-corrected chi connectivity index (χ0v) is 10.3. The average molecular weight is 249 g/mol. The molecule has 1 aliphatic heterocycles. The smallest absolute Gasteiger partial charge is 0.310 e. The molecule has 0 unspecified atom stereocenters. The quantitative estimate of drug-likeness (QED) is 0.834. The Balaban J connectivity index is 2.01. The van der Waals surface area contributed by atoms with Crippen LogP contribution in [-0.4, -0.2) is 54.1 Å². The van der Waals surface area contributed by atoms with Gasteiger partial charge in [0.15, 0.2) is 0 Å². The van der Waals surface area contributed by atoms with Gasteiger partial charge in [0.25, 0.3) is 5.91 Å². The lowest BCUT2D eigenvalue weighted by Crippen LogP contribution is -2.50. The van der Waals surface area contributed by atoms with E-state index in [4.69, 9.17) is 5.11 Å². The second kappa shape index (κ2) is 4.64. The molecule has 0 bridgehead atoms. The molecule has 1 N–H and O–H groups in total. The zero-order chi connectivity index (χ0) is 13.3. The zero-order valence-electron chi connectivity index (χ0n) is 10.3. The Morgan fingerprint density at radius 2 is 2.06 bits per heavy atom. The molecule has 18 heavy (non-hydrogen) atoms. The van der Waals surface area contributed by atoms with Gasteiger partial charge in [0.05, 0.1) is 11.5 Å². The maximum absolute atomic E-state index is 11.6. The van der Waals surface area contributed by atoms with Gasteiger partial charge < -0.3 is 14.9 Å². The van der Waals surface area contributed by atoms with E-state index in [0.29, 0.717) is 24.5 Å². The molecule has 96 valence electrons. The maximum Gasteiger partial charge on any atom is 0.310 e. The van der Waals surface area contributed by atoms with Gasteiger partial charge >= 0.3 is 5.97 Å². The third kappa shape index (κ3) is 2.27. The van der Waals surface area contributed by atoms with E-state index in [-0.39, 0.29) is 11.8 Å². The van der Waals surface area contributed by atoms with Crippen molar-refractivity contribution in [3.8, 4) is 0 Å². The highest BCUT2D eigenvalue weighted by molar-refractivity contribution is 5.93. The summed E-state index contributed by atoms with van der Waals surface area (Å²) in [7, 11) is 3.37. The molecule has 0 aromatic carbocycles. The van der Waals surface area contributed by atoms with Crippen LogP contribution in [0.3, 0.4) is 0 Å². The third-order valence-electron chi connectivity index (χ3n) is 2.96. The minimum Gasteiger partial charge on any atom is -0.481 e. The third-order valence-corrected chi connectivity index (χ3v) is 2.96. The first-order valence-corrected chi connectivity index (χ1v) is 5.64. The molecule has 0 saturated carbocycles. The molecule has 0 atom stereocenters. The predicted molar refractivity (Wildman–Crippen MR) is 65.6 cm³/mol. The van der Waals surface area contributed by atoms with Gasteiger partial charge in [-0.3, -0.25) is 9.59 Å². The minimum absolute atomic E-state index is 0.0962. The molecule has 1 aliphatic rings. The number of carbonyl (C=O) groups excluding carboxylic acids is 1. The number of pyridine rings is 1. The van der Waals surface area contributed by atoms with E-state index in [1.165, 1.54) is 11.1 Å². The largest absolute Gasteiger partial charge is 0.481 e. The first-order chi connectivity index (χ1) is 8.49. The van der Waals surface area contributed by atoms with Gasteiger partial charge in [-0.05, 0) is 12.1 Å². The van der Waals surface area contributed by atoms with E-state index in [9.17, 15) is 9.59 Å². The molecular weight excluding hydrogens is 234 g/mol. The lowest BCUT2D eigenvalue weighted by molar-refractivity contribution is -0.142. The summed E-state index contributed by atoms with van der Waals surface area (Å²) in [4.78, 5) is 29.9. The van der Waals surface area contributed by atoms with Crippen molar-refractivity contribution in [2.45, 2.75) is 0 Å². The molecule has 1 aromatic heterocycles. The van der Waals surface area contributed by atoms with E-state index >= 15 is 0 Å². The van der Waals surface area contributed by atoms with Crippen molar-refractivity contribution in [3.05, 3.63) is 23.9 Å². The number of hydrogen-bond donors (Lipinski definition) is 1. The highest BCUT2D eigenvalue weighted by Crippen LogP contribution is 2.22. The van der Waals surface area contributed by atoms with Crippen LogP contribution in [0.2, 0.25) is 0 Å². The Morgan fingerprint density at radius 1 is 1.39 bits per heavy atom. The number of carboxylic acids is 1. The summed E-state index contributed by atoms with van der Waals surface area (Å²) in [6.07, 6.45) is 1.52. The number of aliphatic carboxylic acids is 1. The summed E-state index contributed by atoms with van der Waals surface area (Å²) in [5.41, 5.74) is 0.527. The van der Waals surface area contributed by atoms with Crippen LogP contribution in [0.15, 0.2) is 18.3 Å². The summed E-state index contributed by atoms with van der Waals surface area (Å²) < 4.78 is 0. The van der Waals surface area contributed by atoms with Gasteiger partial charge in [-0.2, -0.15) is 0 Å². The molecule has 1 saturated heterocycles. The first-order valence-electron chi connectivity index (χ1n) is 5.64. The van der Waals surface area contributed by atoms with Gasteiger partial charge in [0.2, 0.25) is 0 Å². The number of nitrogens with zero attached hydrogens (tertiary/aromatic N) is 3. The summed E-state index contributed by atoms with van der Waals surface area (Å²) in [5.74, 6) is -0.468. The fraction of sp³-hybridized carbons (Fsp3) is 0.417. The van der Waals surface area contributed by atoms with Crippen LogP contribution in [-0.2, 0) is 4.79 Å². The van der Waals surface area contributed by atoms with Crippen LogP contribution in [0.1, 0.15) is 10.4 Å². The number of aromatic nitrogens is 1. The molecule has 2 heterocycles. The topological polar surface area (TPSA) is 73.7 Å². The van der Waals surface area contributed by atoms with Crippen molar-refractivity contribution in [1.82, 2.24) is 9.88 Å². The predicted octanol–water partition coefficient (Wildman–Crippen LogP) is 0.304. The van der Waals surface area contributed by atoms with E-state index < -0.39 is 5.97 Å². The van der Waals surface area contributed by atoms with Crippen molar-refractivity contribution in [2.24, 2.45) is 5.92 Å². The molecule has 1 aromatic rings. The van der Waals surface area contributed by atoms with Crippen LogP contribution in [0.5, 0.6) is 0 Å². The standard InChI is InChI=1S/C12H15N3O3/c1-14(2)11(16)8-3-4-10(13-5-8)15-6-9(7-15)12(17)18/h3-5,9H,6-7H2,1-2H3,(H,17,18). The molecular formula is C12H15N3O3. The van der Waals surface area contributed by atoms with Crippen molar-refractivity contribution in [2.75, 3.05) is 32.1 Å². The Labute approximate surface area is 105 Å². The number of anilines is 1. The molecule has 6 heteroatoms. The van der Waals surface area contributed by atoms with Gasteiger partial charge in [0, 0.05) is 33.4 Å². The van der Waals surface area contributed by atoms with Gasteiger partial charge in [0.1, 0.15) is 5.82 Å². The summed E-state index contributed by atoms with van der Waals surface area (Å²) in [5, 5.41) is 8.78. The Morgan fingerprint density at radius 3 is 2.50 bits per heavy atom. The monoisotopic (exact) mass is 249 g/mol. The summed E-state index contributed by atoms with van der Waals surface area (Å²) in [6.45, 7) is 0.951. The van der Waals surface area contributed by atoms with Crippen molar-refractivity contribution < 1.29 is 14.7 Å². The van der Waals surface area contributed by atoms with Crippen molar-refractivity contribution >= 4 is 17.7 Å². The SMILES string of the molecule is CN(C)C(=O)c1ccc(N2CC(C(=O)O)C2)nc1. The molecule has 1 fully saturated rings. The summed E-state index contributed by atoms with van der Waals surface area (Å²) in [6, 6.07) is 3.45. The van der Waals surface area contributed by atoms with Crippen molar-refractivity contribution in [3.63, 3.8) is 0 Å². The second-order valence-electron chi connectivity index (χ2n) is 4.54. The number of carbonyl (C=O) groups is 2. The fourth-order valence-electron chi connectivity index (χ4n) is 1.78. The second-order valence-corrected chi connectivity index (χ2v) is 4.54. The number of rotatable bonds is 3. The van der Waals surface area contributed by atoms with Gasteiger partial charge in [-0.25, -0.2) is 4.98 Å².